The molecule has 1 unspecified atom stereocenters. The molecule has 2 aliphatic rings. The summed E-state index contributed by atoms with van der Waals surface area (Å²) in [5.41, 5.74) is -2.32. The molecule has 0 radical (unpaired) electrons. The molecule has 42 heavy (non-hydrogen) atoms. The molecule has 0 amide bonds. The van der Waals surface area contributed by atoms with E-state index in [0.29, 0.717) is 17.7 Å². The molecular formula is C26H28F5N5O5S. The van der Waals surface area contributed by atoms with Crippen LogP contribution in [0.25, 0.3) is 11.3 Å². The molecule has 3 aromatic rings. The van der Waals surface area contributed by atoms with Crippen molar-refractivity contribution in [2.45, 2.75) is 79.2 Å². The van der Waals surface area contributed by atoms with Gasteiger partial charge in [-0.05, 0) is 43.5 Å². The van der Waals surface area contributed by atoms with Crippen LogP contribution in [0.4, 0.5) is 22.0 Å². The van der Waals surface area contributed by atoms with Crippen molar-refractivity contribution in [1.82, 2.24) is 25.2 Å². The van der Waals surface area contributed by atoms with E-state index in [1.807, 2.05) is 0 Å². The number of halogens is 5. The lowest BCUT2D eigenvalue weighted by atomic mass is 9.79. The lowest BCUT2D eigenvalue weighted by Gasteiger charge is -2.46. The molecule has 1 saturated heterocycles. The Morgan fingerprint density at radius 3 is 2.36 bits per heavy atom. The van der Waals surface area contributed by atoms with Gasteiger partial charge in [0.15, 0.2) is 17.5 Å². The standard InChI is InChI=1S/C26H28F5N5O5S/c1-12-2-7-32-34-19(12)23(25(40)3-5-26(30,31)6-4-25)42-24-22(39)20(21(38)17(11-37)41-24)36-10-16(33-35-36)13-8-14(27)18(29)15(28)9-13/h2,7-10,17,20-24,37-40H,3-6,11H2,1H3/t17-,20+,21+,22-,23?,24+/m1/s1. The number of thioether (sulfide) groups is 1. The van der Waals surface area contributed by atoms with E-state index in [1.165, 1.54) is 12.4 Å². The molecule has 0 spiro atoms. The number of aryl methyl sites for hydroxylation is 1. The maximum atomic E-state index is 14.0. The Hall–Kier alpha value is -2.76. The predicted molar refractivity (Wildman–Crippen MR) is 138 cm³/mol. The third-order valence-electron chi connectivity index (χ3n) is 7.76. The van der Waals surface area contributed by atoms with E-state index in [1.54, 1.807) is 13.0 Å². The highest BCUT2D eigenvalue weighted by atomic mass is 32.2. The molecule has 4 N–H and O–H groups in total. The Morgan fingerprint density at radius 2 is 1.74 bits per heavy atom. The van der Waals surface area contributed by atoms with Gasteiger partial charge in [-0.25, -0.2) is 26.6 Å². The molecule has 1 aliphatic heterocycles. The van der Waals surface area contributed by atoms with Gasteiger partial charge >= 0.3 is 0 Å². The molecule has 0 bridgehead atoms. The van der Waals surface area contributed by atoms with Crippen LogP contribution < -0.4 is 0 Å². The second-order valence-corrected chi connectivity index (χ2v) is 11.8. The second-order valence-electron chi connectivity index (χ2n) is 10.6. The van der Waals surface area contributed by atoms with Crippen molar-refractivity contribution in [2.75, 3.05) is 6.61 Å². The largest absolute Gasteiger partial charge is 0.394 e. The minimum Gasteiger partial charge on any atom is -0.394 e. The van der Waals surface area contributed by atoms with Crippen molar-refractivity contribution >= 4 is 11.8 Å². The number of aromatic nitrogens is 5. The first-order valence-electron chi connectivity index (χ1n) is 13.1. The van der Waals surface area contributed by atoms with Crippen LogP contribution in [0.15, 0.2) is 30.6 Å². The SMILES string of the molecule is Cc1ccnnc1C(S[C@@H]1O[C@H](CO)[C@H](O)[C@H](n2cc(-c3cc(F)c(F)c(F)c3)nn2)[C@H]1O)C1(O)CCC(F)(F)CC1. The lowest BCUT2D eigenvalue weighted by Crippen LogP contribution is -2.55. The zero-order valence-electron chi connectivity index (χ0n) is 22.1. The van der Waals surface area contributed by atoms with E-state index in [9.17, 15) is 42.4 Å². The quantitative estimate of drug-likeness (QED) is 0.231. The van der Waals surface area contributed by atoms with Crippen LogP contribution in [0.3, 0.4) is 0 Å². The van der Waals surface area contributed by atoms with E-state index in [4.69, 9.17) is 4.74 Å². The molecule has 16 heteroatoms. The fourth-order valence-corrected chi connectivity index (χ4v) is 6.95. The summed E-state index contributed by atoms with van der Waals surface area (Å²) < 4.78 is 76.0. The summed E-state index contributed by atoms with van der Waals surface area (Å²) >= 11 is 0.881. The van der Waals surface area contributed by atoms with Crippen LogP contribution in [-0.4, -0.2) is 87.5 Å². The summed E-state index contributed by atoms with van der Waals surface area (Å²) in [5.74, 6) is -7.52. The number of hydrogen-bond donors (Lipinski definition) is 4. The van der Waals surface area contributed by atoms with Gasteiger partial charge in [0.2, 0.25) is 5.92 Å². The number of ether oxygens (including phenoxy) is 1. The third kappa shape index (κ3) is 5.88. The predicted octanol–water partition coefficient (Wildman–Crippen LogP) is 2.86. The molecule has 1 saturated carbocycles. The topological polar surface area (TPSA) is 147 Å². The van der Waals surface area contributed by atoms with E-state index in [0.717, 1.165) is 16.4 Å². The Kier molecular flexibility index (Phi) is 8.57. The Morgan fingerprint density at radius 1 is 1.07 bits per heavy atom. The zero-order valence-corrected chi connectivity index (χ0v) is 22.9. The fourth-order valence-electron chi connectivity index (χ4n) is 5.31. The first kappa shape index (κ1) is 30.7. The molecule has 1 aliphatic carbocycles. The summed E-state index contributed by atoms with van der Waals surface area (Å²) in [4.78, 5) is 0. The zero-order chi connectivity index (χ0) is 30.4. The number of benzene rings is 1. The van der Waals surface area contributed by atoms with E-state index in [2.05, 4.69) is 20.5 Å². The first-order chi connectivity index (χ1) is 19.8. The minimum atomic E-state index is -2.95. The number of rotatable bonds is 7. The van der Waals surface area contributed by atoms with Gasteiger partial charge in [0.1, 0.15) is 35.5 Å². The first-order valence-corrected chi connectivity index (χ1v) is 14.0. The highest BCUT2D eigenvalue weighted by Gasteiger charge is 2.52. The van der Waals surface area contributed by atoms with Gasteiger partial charge in [-0.15, -0.1) is 16.9 Å². The van der Waals surface area contributed by atoms with Crippen molar-refractivity contribution in [3.8, 4) is 11.3 Å². The van der Waals surface area contributed by atoms with E-state index >= 15 is 0 Å². The molecular weight excluding hydrogens is 589 g/mol. The normalized spacial score (nSPS) is 28.0. The van der Waals surface area contributed by atoms with Crippen molar-refractivity contribution in [3.63, 3.8) is 0 Å². The number of aliphatic hydroxyl groups is 4. The van der Waals surface area contributed by atoms with Gasteiger partial charge in [-0.1, -0.05) is 5.21 Å². The van der Waals surface area contributed by atoms with Crippen LogP contribution in [0, 0.1) is 24.4 Å². The highest BCUT2D eigenvalue weighted by molar-refractivity contribution is 8.00. The molecule has 228 valence electrons. The molecule has 10 nitrogen and oxygen atoms in total. The molecule has 1 aromatic carbocycles. The minimum absolute atomic E-state index is 0.103. The monoisotopic (exact) mass is 617 g/mol. The van der Waals surface area contributed by atoms with Crippen LogP contribution >= 0.6 is 11.8 Å². The summed E-state index contributed by atoms with van der Waals surface area (Å²) in [6, 6.07) is 1.73. The second kappa shape index (κ2) is 11.7. The number of aliphatic hydroxyl groups excluding tert-OH is 3. The summed E-state index contributed by atoms with van der Waals surface area (Å²) in [6.07, 6.45) is -3.48. The molecule has 3 heterocycles. The van der Waals surface area contributed by atoms with Gasteiger partial charge in [0.25, 0.3) is 0 Å². The van der Waals surface area contributed by atoms with Gasteiger partial charge in [0.05, 0.1) is 29.3 Å². The number of alkyl halides is 2. The van der Waals surface area contributed by atoms with E-state index in [-0.39, 0.29) is 29.8 Å². The highest BCUT2D eigenvalue weighted by Crippen LogP contribution is 2.52. The van der Waals surface area contributed by atoms with Crippen molar-refractivity contribution in [1.29, 1.82) is 0 Å². The van der Waals surface area contributed by atoms with Gasteiger partial charge in [-0.3, -0.25) is 0 Å². The summed E-state index contributed by atoms with van der Waals surface area (Å²) in [6.45, 7) is 1.01. The Balaban J connectivity index is 1.47. The molecule has 5 rings (SSSR count). The summed E-state index contributed by atoms with van der Waals surface area (Å²) in [5, 5.41) is 58.7. The van der Waals surface area contributed by atoms with Gasteiger partial charge in [-0.2, -0.15) is 10.2 Å². The van der Waals surface area contributed by atoms with Crippen molar-refractivity contribution in [2.24, 2.45) is 0 Å². The smallest absolute Gasteiger partial charge is 0.248 e. The average molecular weight is 618 g/mol. The van der Waals surface area contributed by atoms with Crippen molar-refractivity contribution < 1.29 is 47.1 Å². The fraction of sp³-hybridized carbons (Fsp3) is 0.538. The summed E-state index contributed by atoms with van der Waals surface area (Å²) in [7, 11) is 0. The Bertz CT molecular complexity index is 1400. The van der Waals surface area contributed by atoms with Gasteiger partial charge < -0.3 is 25.2 Å². The lowest BCUT2D eigenvalue weighted by molar-refractivity contribution is -0.179. The van der Waals surface area contributed by atoms with Gasteiger partial charge in [0, 0.05) is 24.6 Å². The van der Waals surface area contributed by atoms with E-state index < -0.39 is 83.5 Å². The third-order valence-corrected chi connectivity index (χ3v) is 9.35. The van der Waals surface area contributed by atoms with Crippen LogP contribution in [-0.2, 0) is 4.74 Å². The molecule has 6 atom stereocenters. The Labute approximate surface area is 240 Å². The number of hydrogen-bond acceptors (Lipinski definition) is 10. The maximum Gasteiger partial charge on any atom is 0.248 e. The van der Waals surface area contributed by atoms with Crippen molar-refractivity contribution in [3.05, 3.63) is 59.3 Å². The maximum absolute atomic E-state index is 14.0. The average Bonchev–Trinajstić information content (AvgIpc) is 3.43. The molecule has 2 aromatic heterocycles. The van der Waals surface area contributed by atoms with Crippen LogP contribution in [0.1, 0.15) is 48.2 Å². The van der Waals surface area contributed by atoms with Crippen LogP contribution in [0.5, 0.6) is 0 Å². The number of nitrogens with zero attached hydrogens (tertiary/aromatic N) is 5. The van der Waals surface area contributed by atoms with Crippen LogP contribution in [0.2, 0.25) is 0 Å². The molecule has 2 fully saturated rings.